The van der Waals surface area contributed by atoms with Gasteiger partial charge in [0.2, 0.25) is 0 Å². The van der Waals surface area contributed by atoms with Crippen molar-refractivity contribution in [2.75, 3.05) is 13.4 Å². The zero-order valence-electron chi connectivity index (χ0n) is 9.35. The largest absolute Gasteiger partial charge is 0.503 e. The number of phenols is 1. The number of nitrogens with zero attached hydrogens (tertiary/aromatic N) is 2. The number of rotatable bonds is 3. The van der Waals surface area contributed by atoms with Crippen LogP contribution in [0.2, 0.25) is 0 Å². The van der Waals surface area contributed by atoms with E-state index in [4.69, 9.17) is 10.5 Å². The number of ether oxygens (including phenoxy) is 1. The quantitative estimate of drug-likeness (QED) is 0.508. The predicted molar refractivity (Wildman–Crippen MR) is 75.1 cm³/mol. The minimum atomic E-state index is 0.0262. The highest BCUT2D eigenvalue weighted by Crippen LogP contribution is 2.35. The second kappa shape index (κ2) is 6.51. The highest BCUT2D eigenvalue weighted by atomic mass is 79.9. The van der Waals surface area contributed by atoms with Crippen molar-refractivity contribution in [1.82, 2.24) is 0 Å². The van der Waals surface area contributed by atoms with Crippen LogP contribution in [0.3, 0.4) is 0 Å². The summed E-state index contributed by atoms with van der Waals surface area (Å²) >= 11 is 4.56. The van der Waals surface area contributed by atoms with E-state index in [1.54, 1.807) is 12.1 Å². The van der Waals surface area contributed by atoms with Crippen LogP contribution in [-0.2, 0) is 0 Å². The van der Waals surface area contributed by atoms with Gasteiger partial charge in [0.15, 0.2) is 16.7 Å². The van der Waals surface area contributed by atoms with Gasteiger partial charge in [-0.2, -0.15) is 5.10 Å². The van der Waals surface area contributed by atoms with Gasteiger partial charge >= 0.3 is 0 Å². The number of phenolic OH excluding ortho intramolecular Hbond substituents is 1. The smallest absolute Gasteiger partial charge is 0.180 e. The Morgan fingerprint density at radius 3 is 2.88 bits per heavy atom. The second-order valence-corrected chi connectivity index (χ2v) is 4.53. The molecule has 0 bridgehead atoms. The summed E-state index contributed by atoms with van der Waals surface area (Å²) in [6.07, 6.45) is 3.30. The first-order valence-corrected chi connectivity index (χ1v) is 6.57. The Balaban J connectivity index is 2.97. The predicted octanol–water partition coefficient (Wildman–Crippen LogP) is 2.17. The minimum absolute atomic E-state index is 0.0262. The third-order valence-electron chi connectivity index (χ3n) is 1.89. The lowest BCUT2D eigenvalue weighted by atomic mass is 10.2. The highest BCUT2D eigenvalue weighted by molar-refractivity contribution is 9.10. The Labute approximate surface area is 112 Å². The van der Waals surface area contributed by atoms with Gasteiger partial charge in [0.25, 0.3) is 0 Å². The van der Waals surface area contributed by atoms with Crippen LogP contribution in [0.1, 0.15) is 5.56 Å². The SMILES string of the molecule is COc1ccc(/C=N\N=C(/N)SC)c(Br)c1O. The van der Waals surface area contributed by atoms with Gasteiger partial charge in [0.05, 0.1) is 17.8 Å². The van der Waals surface area contributed by atoms with E-state index in [1.165, 1.54) is 25.1 Å². The molecule has 3 N–H and O–H groups in total. The number of thioether (sulfide) groups is 1. The van der Waals surface area contributed by atoms with Crippen LogP contribution in [0, 0.1) is 0 Å². The molecule has 0 saturated heterocycles. The van der Waals surface area contributed by atoms with Crippen molar-refractivity contribution in [2.24, 2.45) is 15.9 Å². The molecule has 7 heteroatoms. The normalized spacial score (nSPS) is 12.1. The topological polar surface area (TPSA) is 80.2 Å². The average molecular weight is 318 g/mol. The summed E-state index contributed by atoms with van der Waals surface area (Å²) in [5.41, 5.74) is 6.15. The molecule has 0 aliphatic heterocycles. The number of methoxy groups -OCH3 is 1. The van der Waals surface area contributed by atoms with E-state index in [0.29, 0.717) is 21.0 Å². The summed E-state index contributed by atoms with van der Waals surface area (Å²) in [5, 5.41) is 17.7. The second-order valence-electron chi connectivity index (χ2n) is 2.91. The van der Waals surface area contributed by atoms with Gasteiger partial charge in [0.1, 0.15) is 0 Å². The molecule has 0 saturated carbocycles. The summed E-state index contributed by atoms with van der Waals surface area (Å²) in [5.74, 6) is 0.416. The maximum Gasteiger partial charge on any atom is 0.180 e. The molecule has 0 aromatic heterocycles. The van der Waals surface area contributed by atoms with E-state index >= 15 is 0 Å². The van der Waals surface area contributed by atoms with Crippen molar-refractivity contribution in [2.45, 2.75) is 0 Å². The van der Waals surface area contributed by atoms with Crippen LogP contribution < -0.4 is 10.5 Å². The number of aromatic hydroxyl groups is 1. The van der Waals surface area contributed by atoms with Crippen LogP contribution in [0.4, 0.5) is 0 Å². The Morgan fingerprint density at radius 1 is 1.59 bits per heavy atom. The molecule has 0 atom stereocenters. The molecule has 1 aromatic rings. The lowest BCUT2D eigenvalue weighted by Crippen LogP contribution is -2.03. The highest BCUT2D eigenvalue weighted by Gasteiger charge is 2.09. The molecule has 0 heterocycles. The van der Waals surface area contributed by atoms with Gasteiger partial charge in [-0.25, -0.2) is 0 Å². The van der Waals surface area contributed by atoms with Crippen LogP contribution in [-0.4, -0.2) is 29.9 Å². The number of nitrogens with two attached hydrogens (primary N) is 1. The summed E-state index contributed by atoms with van der Waals surface area (Å²) < 4.78 is 5.46. The molecule has 17 heavy (non-hydrogen) atoms. The summed E-state index contributed by atoms with van der Waals surface area (Å²) in [6, 6.07) is 3.39. The van der Waals surface area contributed by atoms with E-state index in [2.05, 4.69) is 26.1 Å². The van der Waals surface area contributed by atoms with E-state index in [0.717, 1.165) is 0 Å². The Bertz CT molecular complexity index is 463. The van der Waals surface area contributed by atoms with Crippen molar-refractivity contribution in [3.8, 4) is 11.5 Å². The molecule has 5 nitrogen and oxygen atoms in total. The van der Waals surface area contributed by atoms with Gasteiger partial charge < -0.3 is 15.6 Å². The van der Waals surface area contributed by atoms with Gasteiger partial charge in [-0.3, -0.25) is 0 Å². The molecule has 92 valence electrons. The minimum Gasteiger partial charge on any atom is -0.503 e. The van der Waals surface area contributed by atoms with E-state index in [-0.39, 0.29) is 5.75 Å². The number of hydrogen-bond acceptors (Lipinski definition) is 5. The fraction of sp³-hybridized carbons (Fsp3) is 0.200. The molecule has 1 rings (SSSR count). The van der Waals surface area contributed by atoms with Gasteiger partial charge in [-0.1, -0.05) is 11.8 Å². The number of benzene rings is 1. The maximum atomic E-state index is 9.73. The van der Waals surface area contributed by atoms with Crippen molar-refractivity contribution in [1.29, 1.82) is 0 Å². The molecule has 0 amide bonds. The van der Waals surface area contributed by atoms with Crippen LogP contribution >= 0.6 is 27.7 Å². The van der Waals surface area contributed by atoms with E-state index < -0.39 is 0 Å². The third kappa shape index (κ3) is 3.64. The molecule has 1 aromatic carbocycles. The Morgan fingerprint density at radius 2 is 2.29 bits per heavy atom. The van der Waals surface area contributed by atoms with E-state index in [9.17, 15) is 5.11 Å². The first kappa shape index (κ1) is 13.9. The zero-order valence-corrected chi connectivity index (χ0v) is 11.7. The standard InChI is InChI=1S/C10H12BrN3O2S/c1-16-7-4-3-6(8(11)9(7)15)5-13-14-10(12)17-2/h3-5,15H,1-2H3,(H2,12,14)/b13-5-. The van der Waals surface area contributed by atoms with Gasteiger partial charge in [-0.15, -0.1) is 5.10 Å². The van der Waals surface area contributed by atoms with Crippen LogP contribution in [0.5, 0.6) is 11.5 Å². The molecular weight excluding hydrogens is 306 g/mol. The summed E-state index contributed by atoms with van der Waals surface area (Å²) in [4.78, 5) is 0. The van der Waals surface area contributed by atoms with Crippen molar-refractivity contribution < 1.29 is 9.84 Å². The molecule has 0 radical (unpaired) electrons. The molecular formula is C10H12BrN3O2S. The fourth-order valence-corrected chi connectivity index (χ4v) is 1.57. The van der Waals surface area contributed by atoms with Gasteiger partial charge in [0, 0.05) is 5.56 Å². The van der Waals surface area contributed by atoms with Crippen LogP contribution in [0.25, 0.3) is 0 Å². The maximum absolute atomic E-state index is 9.73. The lowest BCUT2D eigenvalue weighted by Gasteiger charge is -2.06. The third-order valence-corrected chi connectivity index (χ3v) is 3.22. The number of hydrogen-bond donors (Lipinski definition) is 2. The first-order valence-electron chi connectivity index (χ1n) is 4.56. The molecule has 0 unspecified atom stereocenters. The number of amidine groups is 1. The summed E-state index contributed by atoms with van der Waals surface area (Å²) in [6.45, 7) is 0. The van der Waals surface area contributed by atoms with E-state index in [1.807, 2.05) is 6.26 Å². The molecule has 0 aliphatic rings. The van der Waals surface area contributed by atoms with Crippen molar-refractivity contribution >= 4 is 39.1 Å². The van der Waals surface area contributed by atoms with Crippen molar-refractivity contribution in [3.63, 3.8) is 0 Å². The van der Waals surface area contributed by atoms with Gasteiger partial charge in [-0.05, 0) is 34.3 Å². The first-order chi connectivity index (χ1) is 8.10. The molecule has 0 aliphatic carbocycles. The zero-order chi connectivity index (χ0) is 12.8. The Kier molecular flexibility index (Phi) is 5.30. The monoisotopic (exact) mass is 317 g/mol. The number of halogens is 1. The molecule has 0 spiro atoms. The average Bonchev–Trinajstić information content (AvgIpc) is 2.34. The fourth-order valence-electron chi connectivity index (χ4n) is 1.02. The lowest BCUT2D eigenvalue weighted by molar-refractivity contribution is 0.372. The van der Waals surface area contributed by atoms with Crippen molar-refractivity contribution in [3.05, 3.63) is 22.2 Å². The Hall–Kier alpha value is -1.21. The molecule has 0 fully saturated rings. The summed E-state index contributed by atoms with van der Waals surface area (Å²) in [7, 11) is 1.48. The van der Waals surface area contributed by atoms with Crippen LogP contribution in [0.15, 0.2) is 26.8 Å².